The molecule has 1 aliphatic rings. The molecule has 0 saturated carbocycles. The molecule has 1 amide bonds. The largest absolute Gasteiger partial charge is 0.339 e. The van der Waals surface area contributed by atoms with E-state index in [1.54, 1.807) is 6.20 Å². The van der Waals surface area contributed by atoms with E-state index in [9.17, 15) is 4.79 Å². The zero-order valence-electron chi connectivity index (χ0n) is 12.4. The van der Waals surface area contributed by atoms with E-state index in [-0.39, 0.29) is 5.91 Å². The molecule has 1 saturated heterocycles. The van der Waals surface area contributed by atoms with Crippen molar-refractivity contribution in [1.29, 1.82) is 0 Å². The van der Waals surface area contributed by atoms with Crippen molar-refractivity contribution >= 4 is 5.91 Å². The van der Waals surface area contributed by atoms with Crippen molar-refractivity contribution in [3.63, 3.8) is 0 Å². The third-order valence-corrected chi connectivity index (χ3v) is 4.02. The molecule has 0 unspecified atom stereocenters. The van der Waals surface area contributed by atoms with E-state index < -0.39 is 0 Å². The minimum absolute atomic E-state index is 0.153. The molecule has 1 aromatic rings. The van der Waals surface area contributed by atoms with Crippen LogP contribution in [-0.4, -0.2) is 28.9 Å². The maximum Gasteiger partial charge on any atom is 0.253 e. The molecular formula is C16H24N2O. The van der Waals surface area contributed by atoms with Gasteiger partial charge in [0.2, 0.25) is 0 Å². The van der Waals surface area contributed by atoms with Crippen LogP contribution in [-0.2, 0) is 0 Å². The van der Waals surface area contributed by atoms with Crippen LogP contribution in [0.2, 0.25) is 0 Å². The third kappa shape index (κ3) is 3.34. The fraction of sp³-hybridized carbons (Fsp3) is 0.625. The van der Waals surface area contributed by atoms with Crippen LogP contribution in [0.5, 0.6) is 0 Å². The van der Waals surface area contributed by atoms with Crippen molar-refractivity contribution in [1.82, 2.24) is 9.88 Å². The molecule has 2 heterocycles. The lowest BCUT2D eigenvalue weighted by atomic mass is 9.82. The minimum Gasteiger partial charge on any atom is -0.339 e. The minimum atomic E-state index is 0.153. The predicted octanol–water partition coefficient (Wildman–Crippen LogP) is 3.47. The molecule has 2 rings (SSSR count). The SMILES string of the molecule is CC(C)c1cc(C(=O)N2CCC(C)(C)CC2)ccn1. The smallest absolute Gasteiger partial charge is 0.253 e. The van der Waals surface area contributed by atoms with Crippen LogP contribution in [0, 0.1) is 5.41 Å². The van der Waals surface area contributed by atoms with Gasteiger partial charge in [0.1, 0.15) is 0 Å². The molecule has 0 bridgehead atoms. The summed E-state index contributed by atoms with van der Waals surface area (Å²) in [5.74, 6) is 0.507. The average molecular weight is 260 g/mol. The topological polar surface area (TPSA) is 33.2 Å². The highest BCUT2D eigenvalue weighted by molar-refractivity contribution is 5.94. The second kappa shape index (κ2) is 5.32. The van der Waals surface area contributed by atoms with E-state index in [1.807, 2.05) is 17.0 Å². The summed E-state index contributed by atoms with van der Waals surface area (Å²) in [5, 5.41) is 0. The van der Waals surface area contributed by atoms with E-state index in [1.165, 1.54) is 0 Å². The van der Waals surface area contributed by atoms with Gasteiger partial charge in [0, 0.05) is 30.5 Å². The second-order valence-corrected chi connectivity index (χ2v) is 6.58. The molecule has 1 fully saturated rings. The standard InChI is InChI=1S/C16H24N2O/c1-12(2)14-11-13(5-8-17-14)15(19)18-9-6-16(3,4)7-10-18/h5,8,11-12H,6-7,9-10H2,1-4H3. The Morgan fingerprint density at radius 1 is 1.32 bits per heavy atom. The van der Waals surface area contributed by atoms with Gasteiger partial charge in [0.25, 0.3) is 5.91 Å². The van der Waals surface area contributed by atoms with E-state index in [0.717, 1.165) is 37.2 Å². The molecule has 0 N–H and O–H groups in total. The first kappa shape index (κ1) is 14.0. The van der Waals surface area contributed by atoms with Gasteiger partial charge in [-0.05, 0) is 36.3 Å². The third-order valence-electron chi connectivity index (χ3n) is 4.02. The number of carbonyl (C=O) groups is 1. The summed E-state index contributed by atoms with van der Waals surface area (Å²) in [5.41, 5.74) is 2.14. The number of piperidine rings is 1. The Labute approximate surface area is 116 Å². The molecule has 0 aromatic carbocycles. The first-order valence-corrected chi connectivity index (χ1v) is 7.14. The zero-order chi connectivity index (χ0) is 14.0. The Hall–Kier alpha value is -1.38. The van der Waals surface area contributed by atoms with Gasteiger partial charge in [-0.25, -0.2) is 0 Å². The van der Waals surface area contributed by atoms with Crippen LogP contribution in [0.1, 0.15) is 62.5 Å². The summed E-state index contributed by atoms with van der Waals surface area (Å²) in [6.07, 6.45) is 3.91. The molecule has 1 aromatic heterocycles. The maximum atomic E-state index is 12.5. The van der Waals surface area contributed by atoms with E-state index in [2.05, 4.69) is 32.7 Å². The zero-order valence-corrected chi connectivity index (χ0v) is 12.4. The molecule has 3 heteroatoms. The average Bonchev–Trinajstić information content (AvgIpc) is 2.38. The molecule has 0 atom stereocenters. The highest BCUT2D eigenvalue weighted by Crippen LogP contribution is 2.30. The van der Waals surface area contributed by atoms with Crippen molar-refractivity contribution < 1.29 is 4.79 Å². The summed E-state index contributed by atoms with van der Waals surface area (Å²) >= 11 is 0. The second-order valence-electron chi connectivity index (χ2n) is 6.58. The van der Waals surface area contributed by atoms with Crippen molar-refractivity contribution in [2.24, 2.45) is 5.41 Å². The van der Waals surface area contributed by atoms with Gasteiger partial charge in [-0.3, -0.25) is 9.78 Å². The van der Waals surface area contributed by atoms with Crippen molar-refractivity contribution in [2.45, 2.75) is 46.5 Å². The van der Waals surface area contributed by atoms with E-state index in [0.29, 0.717) is 11.3 Å². The number of hydrogen-bond donors (Lipinski definition) is 0. The molecule has 0 radical (unpaired) electrons. The van der Waals surface area contributed by atoms with Crippen LogP contribution >= 0.6 is 0 Å². The summed E-state index contributed by atoms with van der Waals surface area (Å²) in [4.78, 5) is 18.8. The quantitative estimate of drug-likeness (QED) is 0.815. The first-order valence-electron chi connectivity index (χ1n) is 7.14. The van der Waals surface area contributed by atoms with Gasteiger partial charge in [-0.1, -0.05) is 27.7 Å². The number of aromatic nitrogens is 1. The summed E-state index contributed by atoms with van der Waals surface area (Å²) < 4.78 is 0. The van der Waals surface area contributed by atoms with Crippen LogP contribution in [0.15, 0.2) is 18.3 Å². The molecule has 0 spiro atoms. The number of nitrogens with zero attached hydrogens (tertiary/aromatic N) is 2. The lowest BCUT2D eigenvalue weighted by Crippen LogP contribution is -2.41. The fourth-order valence-corrected chi connectivity index (χ4v) is 2.39. The van der Waals surface area contributed by atoms with Crippen molar-refractivity contribution in [2.75, 3.05) is 13.1 Å². The Balaban J connectivity index is 2.10. The highest BCUT2D eigenvalue weighted by Gasteiger charge is 2.28. The fourth-order valence-electron chi connectivity index (χ4n) is 2.39. The highest BCUT2D eigenvalue weighted by atomic mass is 16.2. The monoisotopic (exact) mass is 260 g/mol. The molecule has 3 nitrogen and oxygen atoms in total. The number of likely N-dealkylation sites (tertiary alicyclic amines) is 1. The Morgan fingerprint density at radius 2 is 1.95 bits per heavy atom. The van der Waals surface area contributed by atoms with Gasteiger partial charge in [0.15, 0.2) is 0 Å². The number of pyridine rings is 1. The lowest BCUT2D eigenvalue weighted by Gasteiger charge is -2.37. The van der Waals surface area contributed by atoms with Gasteiger partial charge >= 0.3 is 0 Å². The number of amides is 1. The van der Waals surface area contributed by atoms with E-state index in [4.69, 9.17) is 0 Å². The van der Waals surface area contributed by atoms with Crippen LogP contribution in [0.3, 0.4) is 0 Å². The summed E-state index contributed by atoms with van der Waals surface area (Å²) in [6, 6.07) is 3.76. The van der Waals surface area contributed by atoms with Gasteiger partial charge in [-0.2, -0.15) is 0 Å². The maximum absolute atomic E-state index is 12.5. The predicted molar refractivity (Wildman–Crippen MR) is 77.2 cm³/mol. The molecule has 0 aliphatic carbocycles. The van der Waals surface area contributed by atoms with E-state index >= 15 is 0 Å². The van der Waals surface area contributed by atoms with Crippen molar-refractivity contribution in [3.8, 4) is 0 Å². The first-order chi connectivity index (χ1) is 8.89. The van der Waals surface area contributed by atoms with Gasteiger partial charge in [-0.15, -0.1) is 0 Å². The van der Waals surface area contributed by atoms with Crippen LogP contribution in [0.25, 0.3) is 0 Å². The lowest BCUT2D eigenvalue weighted by molar-refractivity contribution is 0.0630. The Bertz CT molecular complexity index is 456. The number of rotatable bonds is 2. The Kier molecular flexibility index (Phi) is 3.93. The van der Waals surface area contributed by atoms with Gasteiger partial charge < -0.3 is 4.90 Å². The molecule has 1 aliphatic heterocycles. The Morgan fingerprint density at radius 3 is 2.53 bits per heavy atom. The number of carbonyl (C=O) groups excluding carboxylic acids is 1. The summed E-state index contributed by atoms with van der Waals surface area (Å²) in [6.45, 7) is 10.5. The molecule has 104 valence electrons. The normalized spacial score (nSPS) is 18.7. The van der Waals surface area contributed by atoms with Gasteiger partial charge in [0.05, 0.1) is 0 Å². The summed E-state index contributed by atoms with van der Waals surface area (Å²) in [7, 11) is 0. The van der Waals surface area contributed by atoms with Crippen LogP contribution in [0.4, 0.5) is 0 Å². The van der Waals surface area contributed by atoms with Crippen molar-refractivity contribution in [3.05, 3.63) is 29.6 Å². The van der Waals surface area contributed by atoms with Crippen LogP contribution < -0.4 is 0 Å². The molecule has 19 heavy (non-hydrogen) atoms. The number of hydrogen-bond acceptors (Lipinski definition) is 2. The molecular weight excluding hydrogens is 236 g/mol.